The van der Waals surface area contributed by atoms with Crippen molar-refractivity contribution in [2.24, 2.45) is 0 Å². The Morgan fingerprint density at radius 1 is 0.966 bits per heavy atom. The number of carbonyl (C=O) groups is 1. The highest BCUT2D eigenvalue weighted by molar-refractivity contribution is 7.21. The van der Waals surface area contributed by atoms with Crippen LogP contribution >= 0.6 is 11.3 Å². The Hall–Kier alpha value is -3.78. The zero-order valence-corrected chi connectivity index (χ0v) is 15.8. The zero-order valence-electron chi connectivity index (χ0n) is 14.9. The summed E-state index contributed by atoms with van der Waals surface area (Å²) in [5.41, 5.74) is 1.71. The van der Waals surface area contributed by atoms with Gasteiger partial charge in [0.05, 0.1) is 10.2 Å². The number of benzene rings is 2. The van der Waals surface area contributed by atoms with E-state index < -0.39 is 5.97 Å². The van der Waals surface area contributed by atoms with Crippen molar-refractivity contribution in [1.82, 2.24) is 15.1 Å². The topological polar surface area (TPSA) is 91.2 Å². The van der Waals surface area contributed by atoms with Crippen molar-refractivity contribution in [2.45, 2.75) is 6.61 Å². The summed E-state index contributed by atoms with van der Waals surface area (Å²) in [4.78, 5) is 21.0. The molecule has 2 aromatic carbocycles. The largest absolute Gasteiger partial charge is 0.450 e. The molecule has 8 heteroatoms. The summed E-state index contributed by atoms with van der Waals surface area (Å²) < 4.78 is 17.0. The fourth-order valence-corrected chi connectivity index (χ4v) is 3.68. The Kier molecular flexibility index (Phi) is 4.38. The SMILES string of the molecule is O=C(OCc1nc(-c2ccccc2)no1)c1ccc(-c2nc3ccccc3s2)o1. The molecule has 7 nitrogen and oxygen atoms in total. The molecule has 5 rings (SSSR count). The van der Waals surface area contributed by atoms with Gasteiger partial charge in [0.1, 0.15) is 0 Å². The first kappa shape index (κ1) is 17.3. The number of rotatable bonds is 5. The number of furan rings is 1. The van der Waals surface area contributed by atoms with E-state index >= 15 is 0 Å². The third-order valence-corrected chi connectivity index (χ3v) is 5.19. The van der Waals surface area contributed by atoms with Gasteiger partial charge in [-0.3, -0.25) is 0 Å². The van der Waals surface area contributed by atoms with Crippen molar-refractivity contribution < 1.29 is 18.5 Å². The van der Waals surface area contributed by atoms with Crippen LogP contribution < -0.4 is 0 Å². The van der Waals surface area contributed by atoms with Gasteiger partial charge in [0, 0.05) is 5.56 Å². The van der Waals surface area contributed by atoms with Gasteiger partial charge in [0.25, 0.3) is 5.89 Å². The molecule has 0 aliphatic carbocycles. The molecule has 0 fully saturated rings. The lowest BCUT2D eigenvalue weighted by molar-refractivity contribution is 0.0394. The lowest BCUT2D eigenvalue weighted by atomic mass is 10.2. The third kappa shape index (κ3) is 3.53. The van der Waals surface area contributed by atoms with Crippen LogP contribution in [0, 0.1) is 0 Å². The van der Waals surface area contributed by atoms with E-state index in [1.54, 1.807) is 12.1 Å². The summed E-state index contributed by atoms with van der Waals surface area (Å²) in [7, 11) is 0. The maximum Gasteiger partial charge on any atom is 0.374 e. The van der Waals surface area contributed by atoms with Gasteiger partial charge in [0.2, 0.25) is 11.6 Å². The molecule has 0 aliphatic rings. The number of ether oxygens (including phenoxy) is 1. The number of aromatic nitrogens is 3. The fourth-order valence-electron chi connectivity index (χ4n) is 2.76. The molecule has 142 valence electrons. The van der Waals surface area contributed by atoms with E-state index in [0.29, 0.717) is 16.6 Å². The number of hydrogen-bond donors (Lipinski definition) is 0. The molecule has 29 heavy (non-hydrogen) atoms. The van der Waals surface area contributed by atoms with Gasteiger partial charge in [-0.05, 0) is 24.3 Å². The van der Waals surface area contributed by atoms with E-state index in [9.17, 15) is 4.79 Å². The molecular formula is C21H13N3O4S. The second-order valence-electron chi connectivity index (χ2n) is 6.10. The first-order valence-corrected chi connectivity index (χ1v) is 9.59. The van der Waals surface area contributed by atoms with Crippen LogP contribution in [0.2, 0.25) is 0 Å². The van der Waals surface area contributed by atoms with Gasteiger partial charge in [-0.25, -0.2) is 9.78 Å². The predicted molar refractivity (Wildman–Crippen MR) is 106 cm³/mol. The summed E-state index contributed by atoms with van der Waals surface area (Å²) in [5, 5.41) is 4.60. The van der Waals surface area contributed by atoms with Crippen molar-refractivity contribution in [3.8, 4) is 22.2 Å². The molecule has 0 amide bonds. The van der Waals surface area contributed by atoms with Gasteiger partial charge in [-0.15, -0.1) is 11.3 Å². The van der Waals surface area contributed by atoms with Crippen molar-refractivity contribution in [1.29, 1.82) is 0 Å². The third-order valence-electron chi connectivity index (χ3n) is 4.14. The molecule has 0 spiro atoms. The van der Waals surface area contributed by atoms with Crippen molar-refractivity contribution in [2.75, 3.05) is 0 Å². The monoisotopic (exact) mass is 403 g/mol. The maximum atomic E-state index is 12.3. The van der Waals surface area contributed by atoms with E-state index in [1.807, 2.05) is 54.6 Å². The van der Waals surface area contributed by atoms with Crippen LogP contribution in [0.5, 0.6) is 0 Å². The molecule has 0 N–H and O–H groups in total. The average molecular weight is 403 g/mol. The van der Waals surface area contributed by atoms with Crippen molar-refractivity contribution >= 4 is 27.5 Å². The Balaban J connectivity index is 1.27. The van der Waals surface area contributed by atoms with Crippen molar-refractivity contribution in [3.05, 3.63) is 78.4 Å². The number of para-hydroxylation sites is 1. The molecule has 0 saturated carbocycles. The van der Waals surface area contributed by atoms with Gasteiger partial charge >= 0.3 is 5.97 Å². The Morgan fingerprint density at radius 3 is 2.66 bits per heavy atom. The highest BCUT2D eigenvalue weighted by atomic mass is 32.1. The second kappa shape index (κ2) is 7.33. The van der Waals surface area contributed by atoms with E-state index in [-0.39, 0.29) is 18.3 Å². The Morgan fingerprint density at radius 2 is 1.79 bits per heavy atom. The first-order chi connectivity index (χ1) is 14.3. The minimum absolute atomic E-state index is 0.0852. The molecule has 0 atom stereocenters. The van der Waals surface area contributed by atoms with Crippen LogP contribution in [0.3, 0.4) is 0 Å². The smallest absolute Gasteiger partial charge is 0.374 e. The second-order valence-corrected chi connectivity index (χ2v) is 7.14. The number of hydrogen-bond acceptors (Lipinski definition) is 8. The molecule has 5 aromatic rings. The highest BCUT2D eigenvalue weighted by Crippen LogP contribution is 2.31. The predicted octanol–water partition coefficient (Wildman–Crippen LogP) is 4.96. The van der Waals surface area contributed by atoms with Crippen molar-refractivity contribution in [3.63, 3.8) is 0 Å². The lowest BCUT2D eigenvalue weighted by Gasteiger charge is -1.98. The lowest BCUT2D eigenvalue weighted by Crippen LogP contribution is -2.04. The molecule has 0 bridgehead atoms. The normalized spacial score (nSPS) is 11.0. The quantitative estimate of drug-likeness (QED) is 0.383. The van der Waals surface area contributed by atoms with Gasteiger partial charge < -0.3 is 13.7 Å². The van der Waals surface area contributed by atoms with E-state index in [0.717, 1.165) is 15.8 Å². The van der Waals surface area contributed by atoms with E-state index in [1.165, 1.54) is 11.3 Å². The van der Waals surface area contributed by atoms with Crippen LogP contribution in [0.25, 0.3) is 32.4 Å². The minimum Gasteiger partial charge on any atom is -0.450 e. The van der Waals surface area contributed by atoms with Crippen LogP contribution in [0.4, 0.5) is 0 Å². The average Bonchev–Trinajstić information content (AvgIpc) is 3.51. The van der Waals surface area contributed by atoms with Gasteiger partial charge in [0.15, 0.2) is 17.4 Å². The Labute approximate surface area is 168 Å². The number of nitrogens with zero attached hydrogens (tertiary/aromatic N) is 3. The van der Waals surface area contributed by atoms with Gasteiger partial charge in [-0.1, -0.05) is 47.6 Å². The molecule has 0 unspecified atom stereocenters. The summed E-state index contributed by atoms with van der Waals surface area (Å²) in [6, 6.07) is 20.5. The number of fused-ring (bicyclic) bond motifs is 1. The highest BCUT2D eigenvalue weighted by Gasteiger charge is 2.17. The fraction of sp³-hybridized carbons (Fsp3) is 0.0476. The van der Waals surface area contributed by atoms with Gasteiger partial charge in [-0.2, -0.15) is 4.98 Å². The number of carbonyl (C=O) groups excluding carboxylic acids is 1. The molecule has 0 aliphatic heterocycles. The van der Waals surface area contributed by atoms with Crippen LogP contribution in [0.1, 0.15) is 16.4 Å². The summed E-state index contributed by atoms with van der Waals surface area (Å²) in [6.07, 6.45) is 0. The summed E-state index contributed by atoms with van der Waals surface area (Å²) >= 11 is 1.50. The Bertz CT molecular complexity index is 1260. The molecule has 3 aromatic heterocycles. The number of thiazole rings is 1. The molecule has 0 radical (unpaired) electrons. The number of esters is 1. The molecular weight excluding hydrogens is 390 g/mol. The van der Waals surface area contributed by atoms with E-state index in [4.69, 9.17) is 13.7 Å². The van der Waals surface area contributed by atoms with Crippen LogP contribution in [0.15, 0.2) is 75.7 Å². The van der Waals surface area contributed by atoms with Crippen LogP contribution in [-0.2, 0) is 11.3 Å². The first-order valence-electron chi connectivity index (χ1n) is 8.77. The summed E-state index contributed by atoms with van der Waals surface area (Å²) in [5.74, 6) is 0.629. The van der Waals surface area contributed by atoms with E-state index in [2.05, 4.69) is 15.1 Å². The maximum absolute atomic E-state index is 12.3. The summed E-state index contributed by atoms with van der Waals surface area (Å²) in [6.45, 7) is -0.143. The standard InChI is InChI=1S/C21H13N3O4S/c25-21(26-12-18-23-19(24-28-18)13-6-2-1-3-7-13)16-11-10-15(27-16)20-22-14-8-4-5-9-17(14)29-20/h1-11H,12H2. The molecule has 0 saturated heterocycles. The molecule has 3 heterocycles. The minimum atomic E-state index is -0.614. The van der Waals surface area contributed by atoms with Crippen LogP contribution in [-0.4, -0.2) is 21.1 Å². The zero-order chi connectivity index (χ0) is 19.6.